The van der Waals surface area contributed by atoms with Crippen LogP contribution in [0.15, 0.2) is 30.6 Å². The molecule has 0 atom stereocenters. The molecular formula is C7H5N3. The molecule has 0 saturated heterocycles. The van der Waals surface area contributed by atoms with Crippen LogP contribution in [0.3, 0.4) is 0 Å². The Hall–Kier alpha value is -1.51. The predicted molar refractivity (Wildman–Crippen MR) is 37.3 cm³/mol. The van der Waals surface area contributed by atoms with Crippen molar-refractivity contribution in [2.24, 2.45) is 0 Å². The summed E-state index contributed by atoms with van der Waals surface area (Å²) in [5.41, 5.74) is 2.35. The second-order valence-electron chi connectivity index (χ2n) is 2.38. The standard InChI is InChI=1S/C7H5N3/c1-2-7-5-8-9-4-3-6(1)10(7)9/h1-5H. The summed E-state index contributed by atoms with van der Waals surface area (Å²) >= 11 is 0. The van der Waals surface area contributed by atoms with E-state index >= 15 is 0 Å². The molecule has 0 saturated carbocycles. The van der Waals surface area contributed by atoms with Crippen LogP contribution >= 0.6 is 0 Å². The van der Waals surface area contributed by atoms with Gasteiger partial charge in [-0.15, -0.1) is 0 Å². The van der Waals surface area contributed by atoms with Gasteiger partial charge >= 0.3 is 0 Å². The molecule has 10 heavy (non-hydrogen) atoms. The van der Waals surface area contributed by atoms with Crippen LogP contribution in [-0.2, 0) is 0 Å². The normalized spacial score (nSPS) is 12.0. The van der Waals surface area contributed by atoms with Crippen LogP contribution in [0.5, 0.6) is 0 Å². The van der Waals surface area contributed by atoms with E-state index < -0.39 is 0 Å². The molecule has 0 spiro atoms. The summed E-state index contributed by atoms with van der Waals surface area (Å²) in [4.78, 5) is 0. The molecule has 0 amide bonds. The number of hydrogen-bond acceptors (Lipinski definition) is 1. The first-order chi connectivity index (χ1) is 4.95. The fourth-order valence-corrected chi connectivity index (χ4v) is 1.34. The van der Waals surface area contributed by atoms with Crippen molar-refractivity contribution in [2.75, 3.05) is 0 Å². The summed E-state index contributed by atoms with van der Waals surface area (Å²) < 4.78 is 3.88. The lowest BCUT2D eigenvalue weighted by Gasteiger charge is -1.81. The molecule has 3 nitrogen and oxygen atoms in total. The summed E-state index contributed by atoms with van der Waals surface area (Å²) in [5.74, 6) is 0. The predicted octanol–water partition coefficient (Wildman–Crippen LogP) is 1.02. The minimum atomic E-state index is 1.15. The van der Waals surface area contributed by atoms with Crippen molar-refractivity contribution in [3.8, 4) is 0 Å². The van der Waals surface area contributed by atoms with Gasteiger partial charge in [0, 0.05) is 0 Å². The molecule has 0 aromatic carbocycles. The molecule has 0 aliphatic rings. The Bertz CT molecular complexity index is 361. The lowest BCUT2D eigenvalue weighted by atomic mass is 10.5. The quantitative estimate of drug-likeness (QED) is 0.446. The smallest absolute Gasteiger partial charge is 0.0854 e. The third-order valence-electron chi connectivity index (χ3n) is 1.81. The Kier molecular flexibility index (Phi) is 0.502. The van der Waals surface area contributed by atoms with Gasteiger partial charge in [0.2, 0.25) is 0 Å². The highest BCUT2D eigenvalue weighted by molar-refractivity contribution is 5.61. The topological polar surface area (TPSA) is 21.7 Å². The molecule has 0 N–H and O–H groups in total. The van der Waals surface area contributed by atoms with E-state index in [4.69, 9.17) is 0 Å². The first-order valence-corrected chi connectivity index (χ1v) is 3.18. The second-order valence-corrected chi connectivity index (χ2v) is 2.38. The van der Waals surface area contributed by atoms with Gasteiger partial charge in [0.15, 0.2) is 0 Å². The molecule has 0 aliphatic carbocycles. The van der Waals surface area contributed by atoms with Gasteiger partial charge in [0.05, 0.1) is 23.4 Å². The molecule has 0 unspecified atom stereocenters. The number of nitrogens with zero attached hydrogens (tertiary/aromatic N) is 3. The van der Waals surface area contributed by atoms with Crippen molar-refractivity contribution in [3.05, 3.63) is 30.6 Å². The number of rotatable bonds is 0. The molecular weight excluding hydrogens is 126 g/mol. The van der Waals surface area contributed by atoms with Crippen LogP contribution in [0, 0.1) is 0 Å². The highest BCUT2D eigenvalue weighted by Crippen LogP contribution is 2.11. The van der Waals surface area contributed by atoms with Gasteiger partial charge in [0.25, 0.3) is 0 Å². The molecule has 0 aliphatic heterocycles. The first-order valence-electron chi connectivity index (χ1n) is 3.18. The zero-order valence-electron chi connectivity index (χ0n) is 5.23. The molecule has 3 aromatic rings. The van der Waals surface area contributed by atoms with E-state index in [0.717, 1.165) is 5.52 Å². The fraction of sp³-hybridized carbons (Fsp3) is 0. The summed E-state index contributed by atoms with van der Waals surface area (Å²) in [6.45, 7) is 0. The highest BCUT2D eigenvalue weighted by Gasteiger charge is 2.01. The van der Waals surface area contributed by atoms with Gasteiger partial charge in [-0.05, 0) is 18.2 Å². The van der Waals surface area contributed by atoms with Gasteiger partial charge < -0.3 is 0 Å². The van der Waals surface area contributed by atoms with Crippen LogP contribution in [-0.4, -0.2) is 14.2 Å². The van der Waals surface area contributed by atoms with E-state index in [-0.39, 0.29) is 0 Å². The zero-order valence-corrected chi connectivity index (χ0v) is 5.23. The SMILES string of the molecule is c1cc2cnn3ccc1n23. The maximum Gasteiger partial charge on any atom is 0.0854 e. The summed E-state index contributed by atoms with van der Waals surface area (Å²) in [6, 6.07) is 6.18. The van der Waals surface area contributed by atoms with Crippen molar-refractivity contribution >= 4 is 11.0 Å². The van der Waals surface area contributed by atoms with Gasteiger partial charge in [-0.25, -0.2) is 4.52 Å². The van der Waals surface area contributed by atoms with E-state index in [0.29, 0.717) is 0 Å². The Labute approximate surface area is 56.8 Å². The monoisotopic (exact) mass is 131 g/mol. The molecule has 0 bridgehead atoms. The fourth-order valence-electron chi connectivity index (χ4n) is 1.34. The Morgan fingerprint density at radius 1 is 1.10 bits per heavy atom. The lowest BCUT2D eigenvalue weighted by molar-refractivity contribution is 0.775. The molecule has 0 radical (unpaired) electrons. The van der Waals surface area contributed by atoms with Crippen molar-refractivity contribution in [1.82, 2.24) is 14.2 Å². The Morgan fingerprint density at radius 2 is 2.00 bits per heavy atom. The maximum atomic E-state index is 4.12. The molecule has 3 heterocycles. The number of aromatic nitrogens is 3. The van der Waals surface area contributed by atoms with Crippen LogP contribution in [0.4, 0.5) is 0 Å². The van der Waals surface area contributed by atoms with Crippen molar-refractivity contribution in [2.45, 2.75) is 0 Å². The van der Waals surface area contributed by atoms with E-state index in [1.165, 1.54) is 5.52 Å². The van der Waals surface area contributed by atoms with Crippen molar-refractivity contribution in [3.63, 3.8) is 0 Å². The Morgan fingerprint density at radius 3 is 3.00 bits per heavy atom. The zero-order chi connectivity index (χ0) is 6.55. The van der Waals surface area contributed by atoms with Crippen molar-refractivity contribution in [1.29, 1.82) is 0 Å². The van der Waals surface area contributed by atoms with Gasteiger partial charge in [-0.3, -0.25) is 0 Å². The van der Waals surface area contributed by atoms with Gasteiger partial charge in [-0.2, -0.15) is 9.73 Å². The second kappa shape index (κ2) is 1.16. The third-order valence-corrected chi connectivity index (χ3v) is 1.81. The molecule has 48 valence electrons. The van der Waals surface area contributed by atoms with Crippen LogP contribution < -0.4 is 0 Å². The van der Waals surface area contributed by atoms with E-state index in [1.807, 2.05) is 23.1 Å². The molecule has 0 fully saturated rings. The lowest BCUT2D eigenvalue weighted by Crippen LogP contribution is -1.87. The first kappa shape index (κ1) is 4.33. The largest absolute Gasteiger partial charge is 0.232 e. The minimum Gasteiger partial charge on any atom is -0.232 e. The molecule has 3 aromatic heterocycles. The van der Waals surface area contributed by atoms with E-state index in [9.17, 15) is 0 Å². The highest BCUT2D eigenvalue weighted by atomic mass is 15.5. The average Bonchev–Trinajstić information content (AvgIpc) is 2.56. The van der Waals surface area contributed by atoms with Crippen molar-refractivity contribution < 1.29 is 0 Å². The summed E-state index contributed by atoms with van der Waals surface area (Å²) in [7, 11) is 0. The van der Waals surface area contributed by atoms with Crippen LogP contribution in [0.2, 0.25) is 0 Å². The van der Waals surface area contributed by atoms with Gasteiger partial charge in [-0.1, -0.05) is 0 Å². The third kappa shape index (κ3) is 0.301. The molecule has 3 heteroatoms. The Balaban J connectivity index is 2.92. The van der Waals surface area contributed by atoms with E-state index in [1.54, 1.807) is 0 Å². The maximum absolute atomic E-state index is 4.12. The van der Waals surface area contributed by atoms with E-state index in [2.05, 4.69) is 21.7 Å². The molecule has 3 rings (SSSR count). The summed E-state index contributed by atoms with van der Waals surface area (Å²) in [5, 5.41) is 4.12. The number of hydrogen-bond donors (Lipinski definition) is 0. The van der Waals surface area contributed by atoms with Gasteiger partial charge in [0.1, 0.15) is 0 Å². The minimum absolute atomic E-state index is 1.15. The average molecular weight is 131 g/mol. The van der Waals surface area contributed by atoms with Crippen LogP contribution in [0.25, 0.3) is 11.0 Å². The summed E-state index contributed by atoms with van der Waals surface area (Å²) in [6.07, 6.45) is 3.80. The van der Waals surface area contributed by atoms with Crippen LogP contribution in [0.1, 0.15) is 0 Å².